The molecule has 0 spiro atoms. The highest BCUT2D eigenvalue weighted by atomic mass is 16.5. The Morgan fingerprint density at radius 1 is 0.893 bits per heavy atom. The minimum absolute atomic E-state index is 0.465. The van der Waals surface area contributed by atoms with Gasteiger partial charge in [-0.3, -0.25) is 0 Å². The SMILES string of the molecule is COc1ccc(CN2C3=C(CCc4ccccc43)[C@H](C)c3ccccc32)cc1. The first-order valence-electron chi connectivity index (χ1n) is 10.1. The summed E-state index contributed by atoms with van der Waals surface area (Å²) in [6.07, 6.45) is 2.28. The molecule has 5 rings (SSSR count). The number of anilines is 1. The van der Waals surface area contributed by atoms with Crippen LogP contribution in [0.5, 0.6) is 5.75 Å². The zero-order chi connectivity index (χ0) is 19.1. The Bertz CT molecular complexity index is 1050. The molecule has 1 atom stereocenters. The number of ether oxygens (including phenoxy) is 1. The third-order valence-corrected chi connectivity index (χ3v) is 6.23. The highest BCUT2D eigenvalue weighted by molar-refractivity contribution is 5.88. The molecule has 1 heterocycles. The standard InChI is InChI=1S/C26H25NO/c1-18-22-8-5-6-10-25(22)27(17-19-11-14-21(28-2)15-12-19)26-23(18)16-13-20-7-3-4-9-24(20)26/h3-12,14-15,18H,13,16-17H2,1-2H3/t18-/m1/s1. The summed E-state index contributed by atoms with van der Waals surface area (Å²) in [4.78, 5) is 2.53. The molecule has 140 valence electrons. The quantitative estimate of drug-likeness (QED) is 0.548. The maximum Gasteiger partial charge on any atom is 0.118 e. The second-order valence-corrected chi connectivity index (χ2v) is 7.75. The number of nitrogens with zero attached hydrogens (tertiary/aromatic N) is 1. The molecule has 0 N–H and O–H groups in total. The van der Waals surface area contributed by atoms with E-state index in [1.807, 2.05) is 0 Å². The first-order valence-corrected chi connectivity index (χ1v) is 10.1. The monoisotopic (exact) mass is 367 g/mol. The molecule has 2 heteroatoms. The fraction of sp³-hybridized carbons (Fsp3) is 0.231. The van der Waals surface area contributed by atoms with Crippen molar-refractivity contribution in [1.82, 2.24) is 0 Å². The van der Waals surface area contributed by atoms with Crippen LogP contribution in [0.15, 0.2) is 78.4 Å². The van der Waals surface area contributed by atoms with Crippen molar-refractivity contribution in [3.8, 4) is 5.75 Å². The number of rotatable bonds is 3. The summed E-state index contributed by atoms with van der Waals surface area (Å²) in [5.41, 5.74) is 9.93. The fourth-order valence-electron chi connectivity index (χ4n) is 4.76. The Hall–Kier alpha value is -3.00. The Morgan fingerprint density at radius 3 is 2.46 bits per heavy atom. The molecule has 2 nitrogen and oxygen atoms in total. The second-order valence-electron chi connectivity index (χ2n) is 7.75. The fourth-order valence-corrected chi connectivity index (χ4v) is 4.76. The van der Waals surface area contributed by atoms with E-state index in [1.54, 1.807) is 12.7 Å². The number of aryl methyl sites for hydroxylation is 1. The molecule has 28 heavy (non-hydrogen) atoms. The molecule has 3 aromatic carbocycles. The van der Waals surface area contributed by atoms with E-state index in [4.69, 9.17) is 4.74 Å². The van der Waals surface area contributed by atoms with Crippen molar-refractivity contribution in [2.75, 3.05) is 12.0 Å². The predicted octanol–water partition coefficient (Wildman–Crippen LogP) is 6.18. The summed E-state index contributed by atoms with van der Waals surface area (Å²) in [7, 11) is 1.72. The van der Waals surface area contributed by atoms with Gasteiger partial charge in [0.2, 0.25) is 0 Å². The van der Waals surface area contributed by atoms with E-state index in [0.29, 0.717) is 5.92 Å². The van der Waals surface area contributed by atoms with Gasteiger partial charge in [-0.25, -0.2) is 0 Å². The van der Waals surface area contributed by atoms with Crippen LogP contribution < -0.4 is 9.64 Å². The van der Waals surface area contributed by atoms with Gasteiger partial charge in [-0.05, 0) is 53.3 Å². The molecule has 0 aromatic heterocycles. The summed E-state index contributed by atoms with van der Waals surface area (Å²) in [5.74, 6) is 1.37. The Labute approximate surface area is 167 Å². The van der Waals surface area contributed by atoms with Gasteiger partial charge >= 0.3 is 0 Å². The maximum atomic E-state index is 5.34. The van der Waals surface area contributed by atoms with Crippen LogP contribution in [0.4, 0.5) is 5.69 Å². The summed E-state index contributed by atoms with van der Waals surface area (Å²) < 4.78 is 5.34. The molecule has 0 saturated heterocycles. The summed E-state index contributed by atoms with van der Waals surface area (Å²) >= 11 is 0. The molecule has 0 bridgehead atoms. The summed E-state index contributed by atoms with van der Waals surface area (Å²) in [6.45, 7) is 3.23. The molecule has 0 saturated carbocycles. The van der Waals surface area contributed by atoms with E-state index in [2.05, 4.69) is 84.6 Å². The van der Waals surface area contributed by atoms with Crippen molar-refractivity contribution in [3.63, 3.8) is 0 Å². The molecule has 0 fully saturated rings. The van der Waals surface area contributed by atoms with Crippen LogP contribution in [-0.2, 0) is 13.0 Å². The number of benzene rings is 3. The number of allylic oxidation sites excluding steroid dienone is 1. The van der Waals surface area contributed by atoms with Crippen molar-refractivity contribution in [2.45, 2.75) is 32.2 Å². The topological polar surface area (TPSA) is 12.5 Å². The molecule has 3 aromatic rings. The van der Waals surface area contributed by atoms with Crippen molar-refractivity contribution in [1.29, 1.82) is 0 Å². The average Bonchev–Trinajstić information content (AvgIpc) is 2.76. The molecular weight excluding hydrogens is 342 g/mol. The maximum absolute atomic E-state index is 5.34. The number of methoxy groups -OCH3 is 1. The van der Waals surface area contributed by atoms with Crippen molar-refractivity contribution < 1.29 is 4.74 Å². The summed E-state index contributed by atoms with van der Waals surface area (Å²) in [5, 5.41) is 0. The first kappa shape index (κ1) is 17.1. The Morgan fingerprint density at radius 2 is 1.64 bits per heavy atom. The molecule has 0 unspecified atom stereocenters. The lowest BCUT2D eigenvalue weighted by Crippen LogP contribution is -2.31. The van der Waals surface area contributed by atoms with Crippen LogP contribution >= 0.6 is 0 Å². The van der Waals surface area contributed by atoms with Gasteiger partial charge in [0.1, 0.15) is 5.75 Å². The lowest BCUT2D eigenvalue weighted by molar-refractivity contribution is 0.414. The van der Waals surface area contributed by atoms with Gasteiger partial charge in [-0.1, -0.05) is 61.5 Å². The van der Waals surface area contributed by atoms with Crippen LogP contribution in [0.2, 0.25) is 0 Å². The van der Waals surface area contributed by atoms with E-state index in [1.165, 1.54) is 33.6 Å². The Balaban J connectivity index is 1.65. The predicted molar refractivity (Wildman–Crippen MR) is 116 cm³/mol. The van der Waals surface area contributed by atoms with Crippen LogP contribution in [0.3, 0.4) is 0 Å². The lowest BCUT2D eigenvalue weighted by Gasteiger charge is -2.41. The zero-order valence-electron chi connectivity index (χ0n) is 16.5. The molecule has 1 aliphatic heterocycles. The number of hydrogen-bond donors (Lipinski definition) is 0. The van der Waals surface area contributed by atoms with Gasteiger partial charge in [0.05, 0.1) is 7.11 Å². The average molecular weight is 367 g/mol. The Kier molecular flexibility index (Phi) is 4.20. The molecule has 2 aliphatic rings. The van der Waals surface area contributed by atoms with Gasteiger partial charge in [0, 0.05) is 29.4 Å². The third-order valence-electron chi connectivity index (χ3n) is 6.23. The van der Waals surface area contributed by atoms with Gasteiger partial charge in [0.15, 0.2) is 0 Å². The molecular formula is C26H25NO. The third kappa shape index (κ3) is 2.72. The van der Waals surface area contributed by atoms with Crippen LogP contribution in [-0.4, -0.2) is 7.11 Å². The van der Waals surface area contributed by atoms with E-state index in [0.717, 1.165) is 25.1 Å². The van der Waals surface area contributed by atoms with Gasteiger partial charge in [-0.15, -0.1) is 0 Å². The normalized spacial score (nSPS) is 17.6. The van der Waals surface area contributed by atoms with Crippen LogP contribution in [0.1, 0.15) is 41.5 Å². The number of para-hydroxylation sites is 1. The van der Waals surface area contributed by atoms with E-state index in [-0.39, 0.29) is 0 Å². The largest absolute Gasteiger partial charge is 0.497 e. The molecule has 0 amide bonds. The van der Waals surface area contributed by atoms with Gasteiger partial charge in [0.25, 0.3) is 0 Å². The minimum Gasteiger partial charge on any atom is -0.497 e. The molecule has 1 aliphatic carbocycles. The highest BCUT2D eigenvalue weighted by Gasteiger charge is 2.33. The smallest absolute Gasteiger partial charge is 0.118 e. The van der Waals surface area contributed by atoms with Crippen LogP contribution in [0, 0.1) is 0 Å². The van der Waals surface area contributed by atoms with E-state index >= 15 is 0 Å². The first-order chi connectivity index (χ1) is 13.8. The van der Waals surface area contributed by atoms with Gasteiger partial charge in [-0.2, -0.15) is 0 Å². The van der Waals surface area contributed by atoms with E-state index in [9.17, 15) is 0 Å². The van der Waals surface area contributed by atoms with Crippen molar-refractivity contribution >= 4 is 11.4 Å². The minimum atomic E-state index is 0.465. The molecule has 0 radical (unpaired) electrons. The van der Waals surface area contributed by atoms with Crippen molar-refractivity contribution in [3.05, 3.63) is 101 Å². The van der Waals surface area contributed by atoms with Gasteiger partial charge < -0.3 is 9.64 Å². The number of hydrogen-bond acceptors (Lipinski definition) is 2. The summed E-state index contributed by atoms with van der Waals surface area (Å²) in [6, 6.07) is 26.3. The number of fused-ring (bicyclic) bond motifs is 3. The lowest BCUT2D eigenvalue weighted by atomic mass is 9.77. The zero-order valence-corrected chi connectivity index (χ0v) is 16.5. The highest BCUT2D eigenvalue weighted by Crippen LogP contribution is 2.49. The second kappa shape index (κ2) is 6.87. The van der Waals surface area contributed by atoms with E-state index < -0.39 is 0 Å². The van der Waals surface area contributed by atoms with Crippen molar-refractivity contribution in [2.24, 2.45) is 0 Å². The van der Waals surface area contributed by atoms with Crippen LogP contribution in [0.25, 0.3) is 5.70 Å².